The second kappa shape index (κ2) is 7.09. The first-order valence-electron chi connectivity index (χ1n) is 7.93. The molecule has 0 saturated carbocycles. The minimum Gasteiger partial charge on any atom is -0.492 e. The molecule has 0 spiro atoms. The zero-order valence-electron chi connectivity index (χ0n) is 12.5. The van der Waals surface area contributed by atoms with Gasteiger partial charge in [-0.15, -0.1) is 0 Å². The fourth-order valence-electron chi connectivity index (χ4n) is 3.04. The maximum Gasteiger partial charge on any atom is 0.150 e. The van der Waals surface area contributed by atoms with E-state index in [0.717, 1.165) is 32.7 Å². The summed E-state index contributed by atoms with van der Waals surface area (Å²) in [6.07, 6.45) is 2.57. The highest BCUT2D eigenvalue weighted by atomic mass is 19.1. The molecule has 3 rings (SSSR count). The minimum atomic E-state index is -0.185. The van der Waals surface area contributed by atoms with E-state index in [9.17, 15) is 4.39 Å². The van der Waals surface area contributed by atoms with Crippen LogP contribution in [0.25, 0.3) is 0 Å². The number of halogens is 1. The number of hydrogen-bond donors (Lipinski definition) is 1. The van der Waals surface area contributed by atoms with E-state index in [1.165, 1.54) is 32.0 Å². The molecule has 0 unspecified atom stereocenters. The number of rotatable bonds is 5. The van der Waals surface area contributed by atoms with Crippen LogP contribution in [0.3, 0.4) is 0 Å². The molecule has 21 heavy (non-hydrogen) atoms. The van der Waals surface area contributed by atoms with E-state index in [1.54, 1.807) is 0 Å². The third kappa shape index (κ3) is 3.86. The first kappa shape index (κ1) is 14.6. The van der Waals surface area contributed by atoms with Crippen molar-refractivity contribution in [3.8, 4) is 5.75 Å². The molecule has 0 bridgehead atoms. The first-order valence-corrected chi connectivity index (χ1v) is 7.93. The molecule has 0 atom stereocenters. The molecule has 1 N–H and O–H groups in total. The van der Waals surface area contributed by atoms with Gasteiger partial charge in [0.1, 0.15) is 18.2 Å². The third-order valence-corrected chi connectivity index (χ3v) is 4.25. The average Bonchev–Trinajstić information content (AvgIpc) is 3.02. The summed E-state index contributed by atoms with van der Waals surface area (Å²) in [5.74, 6) is 0.446. The molecule has 1 aromatic carbocycles. The van der Waals surface area contributed by atoms with Gasteiger partial charge in [-0.05, 0) is 38.1 Å². The Labute approximate surface area is 125 Å². The van der Waals surface area contributed by atoms with E-state index in [0.29, 0.717) is 18.0 Å². The van der Waals surface area contributed by atoms with Crippen molar-refractivity contribution < 1.29 is 9.13 Å². The predicted molar refractivity (Wildman–Crippen MR) is 82.7 cm³/mol. The Balaban J connectivity index is 1.53. The lowest BCUT2D eigenvalue weighted by Crippen LogP contribution is -2.43. The summed E-state index contributed by atoms with van der Waals surface area (Å²) in [7, 11) is 0. The van der Waals surface area contributed by atoms with E-state index in [2.05, 4.69) is 15.1 Å². The van der Waals surface area contributed by atoms with Crippen LogP contribution in [0.1, 0.15) is 12.8 Å². The predicted octanol–water partition coefficient (Wildman–Crippen LogP) is 1.71. The summed E-state index contributed by atoms with van der Waals surface area (Å²) in [6, 6.07) is 5.23. The van der Waals surface area contributed by atoms with E-state index >= 15 is 0 Å². The van der Waals surface area contributed by atoms with Gasteiger partial charge >= 0.3 is 0 Å². The molecule has 2 saturated heterocycles. The molecule has 116 valence electrons. The third-order valence-electron chi connectivity index (χ3n) is 4.25. The summed E-state index contributed by atoms with van der Waals surface area (Å²) in [4.78, 5) is 4.48. The molecule has 5 heteroatoms. The lowest BCUT2D eigenvalue weighted by molar-refractivity contribution is 0.237. The van der Waals surface area contributed by atoms with Gasteiger partial charge < -0.3 is 15.0 Å². The lowest BCUT2D eigenvalue weighted by atomic mass is 10.2. The van der Waals surface area contributed by atoms with Crippen molar-refractivity contribution in [3.05, 3.63) is 24.0 Å². The molecule has 1 aromatic rings. The molecule has 2 aliphatic heterocycles. The number of nitrogens with zero attached hydrogens (tertiary/aromatic N) is 2. The average molecular weight is 293 g/mol. The molecule has 0 aromatic heterocycles. The van der Waals surface area contributed by atoms with Gasteiger partial charge in [-0.2, -0.15) is 0 Å². The van der Waals surface area contributed by atoms with Crippen LogP contribution in [0, 0.1) is 5.82 Å². The molecule has 0 radical (unpaired) electrons. The first-order chi connectivity index (χ1) is 10.3. The second-order valence-corrected chi connectivity index (χ2v) is 5.75. The van der Waals surface area contributed by atoms with Gasteiger partial charge in [0.05, 0.1) is 5.69 Å². The molecule has 2 aliphatic rings. The van der Waals surface area contributed by atoms with Gasteiger partial charge in [0.2, 0.25) is 0 Å². The van der Waals surface area contributed by atoms with Crippen molar-refractivity contribution in [1.29, 1.82) is 0 Å². The summed E-state index contributed by atoms with van der Waals surface area (Å²) in [6.45, 7) is 7.42. The number of hydrogen-bond acceptors (Lipinski definition) is 4. The molecule has 0 aliphatic carbocycles. The second-order valence-electron chi connectivity index (χ2n) is 5.75. The quantitative estimate of drug-likeness (QED) is 0.894. The smallest absolute Gasteiger partial charge is 0.150 e. The van der Waals surface area contributed by atoms with Gasteiger partial charge in [0.15, 0.2) is 0 Å². The van der Waals surface area contributed by atoms with Crippen LogP contribution in [-0.4, -0.2) is 57.3 Å². The Hall–Kier alpha value is -1.33. The summed E-state index contributed by atoms with van der Waals surface area (Å²) < 4.78 is 19.9. The molecular weight excluding hydrogens is 269 g/mol. The van der Waals surface area contributed by atoms with E-state index in [1.807, 2.05) is 12.1 Å². The van der Waals surface area contributed by atoms with Gasteiger partial charge in [-0.25, -0.2) is 4.39 Å². The Morgan fingerprint density at radius 3 is 2.57 bits per heavy atom. The van der Waals surface area contributed by atoms with Crippen LogP contribution in [0.4, 0.5) is 10.1 Å². The number of benzene rings is 1. The summed E-state index contributed by atoms with van der Waals surface area (Å²) >= 11 is 0. The van der Waals surface area contributed by atoms with Crippen molar-refractivity contribution in [1.82, 2.24) is 10.2 Å². The van der Waals surface area contributed by atoms with E-state index in [-0.39, 0.29) is 5.82 Å². The van der Waals surface area contributed by atoms with Gasteiger partial charge in [-0.3, -0.25) is 4.90 Å². The highest BCUT2D eigenvalue weighted by molar-refractivity contribution is 5.51. The fraction of sp³-hybridized carbons (Fsp3) is 0.625. The topological polar surface area (TPSA) is 27.7 Å². The van der Waals surface area contributed by atoms with Crippen LogP contribution < -0.4 is 15.0 Å². The van der Waals surface area contributed by atoms with E-state index < -0.39 is 0 Å². The molecule has 2 heterocycles. The largest absolute Gasteiger partial charge is 0.492 e. The number of nitrogens with one attached hydrogen (secondary N) is 1. The lowest BCUT2D eigenvalue weighted by Gasteiger charge is -2.29. The fourth-order valence-corrected chi connectivity index (χ4v) is 3.04. The monoisotopic (exact) mass is 293 g/mol. The van der Waals surface area contributed by atoms with Crippen LogP contribution in [0.5, 0.6) is 5.75 Å². The van der Waals surface area contributed by atoms with Crippen molar-refractivity contribution in [3.63, 3.8) is 0 Å². The molecular formula is C16H24FN3O. The number of anilines is 1. The molecule has 4 nitrogen and oxygen atoms in total. The van der Waals surface area contributed by atoms with Crippen LogP contribution in [0.15, 0.2) is 18.2 Å². The SMILES string of the molecule is Fc1cc(OCCN2CCCC2)ccc1N1CCNCC1. The van der Waals surface area contributed by atoms with Crippen molar-refractivity contribution >= 4 is 5.69 Å². The van der Waals surface area contributed by atoms with Gasteiger partial charge in [0, 0.05) is 38.8 Å². The maximum absolute atomic E-state index is 14.2. The van der Waals surface area contributed by atoms with Crippen molar-refractivity contribution in [2.75, 3.05) is 57.3 Å². The van der Waals surface area contributed by atoms with Crippen molar-refractivity contribution in [2.45, 2.75) is 12.8 Å². The normalized spacial score (nSPS) is 20.0. The van der Waals surface area contributed by atoms with Gasteiger partial charge in [-0.1, -0.05) is 0 Å². The van der Waals surface area contributed by atoms with Gasteiger partial charge in [0.25, 0.3) is 0 Å². The highest BCUT2D eigenvalue weighted by Gasteiger charge is 2.15. The zero-order valence-corrected chi connectivity index (χ0v) is 12.5. The molecule has 2 fully saturated rings. The Morgan fingerprint density at radius 2 is 1.86 bits per heavy atom. The minimum absolute atomic E-state index is 0.185. The van der Waals surface area contributed by atoms with Crippen molar-refractivity contribution in [2.24, 2.45) is 0 Å². The number of likely N-dealkylation sites (tertiary alicyclic amines) is 1. The van der Waals surface area contributed by atoms with Crippen LogP contribution in [-0.2, 0) is 0 Å². The Morgan fingerprint density at radius 1 is 1.10 bits per heavy atom. The Kier molecular flexibility index (Phi) is 4.93. The number of ether oxygens (including phenoxy) is 1. The zero-order chi connectivity index (χ0) is 14.5. The Bertz CT molecular complexity index is 457. The van der Waals surface area contributed by atoms with Crippen LogP contribution in [0.2, 0.25) is 0 Å². The standard InChI is InChI=1S/C16H24FN3O/c17-15-13-14(21-12-11-19-7-1-2-8-19)3-4-16(15)20-9-5-18-6-10-20/h3-4,13,18H,1-2,5-12H2. The maximum atomic E-state index is 14.2. The molecule has 0 amide bonds. The summed E-state index contributed by atoms with van der Waals surface area (Å²) in [5.41, 5.74) is 0.684. The highest BCUT2D eigenvalue weighted by Crippen LogP contribution is 2.24. The van der Waals surface area contributed by atoms with Crippen LogP contribution >= 0.6 is 0 Å². The summed E-state index contributed by atoms with van der Waals surface area (Å²) in [5, 5.41) is 3.28. The number of piperazine rings is 1. The van der Waals surface area contributed by atoms with E-state index in [4.69, 9.17) is 4.74 Å².